The van der Waals surface area contributed by atoms with Crippen molar-refractivity contribution in [3.8, 4) is 5.75 Å². The first-order valence-corrected chi connectivity index (χ1v) is 21.2. The molecule has 1 aliphatic rings. The van der Waals surface area contributed by atoms with Crippen LogP contribution in [0.3, 0.4) is 0 Å². The van der Waals surface area contributed by atoms with E-state index in [9.17, 15) is 27.2 Å². The van der Waals surface area contributed by atoms with Gasteiger partial charge in [-0.3, -0.25) is 14.4 Å². The lowest BCUT2D eigenvalue weighted by molar-refractivity contribution is 0.0302. The molecule has 0 radical (unpaired) electrons. The maximum absolute atomic E-state index is 13.5. The van der Waals surface area contributed by atoms with E-state index in [1.165, 1.54) is 42.7 Å². The number of carbonyl (C=O) groups excluding carboxylic acids is 3. The zero-order valence-electron chi connectivity index (χ0n) is 34.1. The largest absolute Gasteiger partial charge is 0.383 e. The highest BCUT2D eigenvalue weighted by atomic mass is 32.2. The minimum absolute atomic E-state index is 0.00398. The van der Waals surface area contributed by atoms with E-state index < -0.39 is 27.7 Å². The molecular formula is C43H44FN11O7S. The van der Waals surface area contributed by atoms with E-state index in [2.05, 4.69) is 41.2 Å². The van der Waals surface area contributed by atoms with E-state index in [4.69, 9.17) is 20.4 Å². The van der Waals surface area contributed by atoms with Crippen molar-refractivity contribution in [1.82, 2.24) is 24.8 Å². The Kier molecular flexibility index (Phi) is 14.7. The molecule has 2 aromatic heterocycles. The Hall–Kier alpha value is -7.71. The number of primary amides is 2. The van der Waals surface area contributed by atoms with Crippen LogP contribution in [0.4, 0.5) is 39.3 Å². The summed E-state index contributed by atoms with van der Waals surface area (Å²) in [5, 5.41) is 12.2. The van der Waals surface area contributed by atoms with Crippen LogP contribution in [0.5, 0.6) is 5.75 Å². The normalized spacial score (nSPS) is 12.8. The van der Waals surface area contributed by atoms with Gasteiger partial charge in [0.05, 0.1) is 30.6 Å². The number of halogens is 1. The van der Waals surface area contributed by atoms with Crippen LogP contribution in [0.15, 0.2) is 116 Å². The summed E-state index contributed by atoms with van der Waals surface area (Å²) in [7, 11) is -3.88. The number of benzene rings is 4. The molecule has 1 saturated heterocycles. The molecule has 8 N–H and O–H groups in total. The predicted octanol–water partition coefficient (Wildman–Crippen LogP) is 5.37. The van der Waals surface area contributed by atoms with Gasteiger partial charge in [-0.1, -0.05) is 60.7 Å². The Bertz CT molecular complexity index is 2670. The van der Waals surface area contributed by atoms with Crippen molar-refractivity contribution >= 4 is 62.7 Å². The van der Waals surface area contributed by atoms with Gasteiger partial charge >= 0.3 is 10.1 Å². The summed E-state index contributed by atoms with van der Waals surface area (Å²) < 4.78 is 47.3. The van der Waals surface area contributed by atoms with E-state index in [1.54, 1.807) is 17.0 Å². The first-order chi connectivity index (χ1) is 30.2. The van der Waals surface area contributed by atoms with Gasteiger partial charge in [0.1, 0.15) is 23.2 Å². The summed E-state index contributed by atoms with van der Waals surface area (Å²) in [6.45, 7) is 3.69. The number of para-hydroxylation sites is 1. The molecule has 0 bridgehead atoms. The first-order valence-electron chi connectivity index (χ1n) is 19.3. The van der Waals surface area contributed by atoms with E-state index >= 15 is 0 Å². The van der Waals surface area contributed by atoms with Crippen molar-refractivity contribution in [2.45, 2.75) is 19.5 Å². The highest BCUT2D eigenvalue weighted by Crippen LogP contribution is 2.27. The number of nitrogens with one attached hydrogen (secondary N) is 4. The Morgan fingerprint density at radius 2 is 1.40 bits per heavy atom. The first kappa shape index (κ1) is 44.8. The van der Waals surface area contributed by atoms with Gasteiger partial charge in [-0.15, -0.1) is 0 Å². The zero-order valence-corrected chi connectivity index (χ0v) is 34.9. The predicted molar refractivity (Wildman–Crippen MR) is 235 cm³/mol. The fraction of sp³-hybridized carbons (Fsp3) is 0.186. The standard InChI is InChI=1S/C24H25FN6O6S.C19H19N5O/c1-38(34,35)37-19-11-16(23(33)31-5-7-36-8-6-31)10-18(12-19)29-24-28-14-20(21(26)32)22(30-24)27-13-15-3-2-4-17(25)9-15;1-13(14-8-4-2-5-9-14)22-18-16(17(20)25)12-21-19(24-18)23-15-10-6-3-7-11-15/h2-4,9-12,14H,5-8,13H2,1H3,(H2,26,32)(H2,27,28,29,30);2-13H,1H3,(H2,20,25)(H2,21,22,23,24). The van der Waals surface area contributed by atoms with E-state index in [0.29, 0.717) is 43.6 Å². The average Bonchev–Trinajstić information content (AvgIpc) is 3.26. The number of ether oxygens (including phenoxy) is 1. The van der Waals surface area contributed by atoms with Crippen molar-refractivity contribution in [1.29, 1.82) is 0 Å². The van der Waals surface area contributed by atoms with Crippen molar-refractivity contribution in [3.05, 3.63) is 149 Å². The molecule has 1 aliphatic heterocycles. The number of rotatable bonds is 15. The molecule has 0 spiro atoms. The molecule has 4 aromatic carbocycles. The maximum Gasteiger partial charge on any atom is 0.306 e. The third-order valence-electron chi connectivity index (χ3n) is 9.10. The SMILES string of the molecule is CC(Nc1nc(Nc2ccccc2)ncc1C(N)=O)c1ccccc1.CS(=O)(=O)Oc1cc(Nc2ncc(C(N)=O)c(NCc3cccc(F)c3)n2)cc(C(=O)N2CCOCC2)c1. The molecule has 0 aliphatic carbocycles. The van der Waals surface area contributed by atoms with Crippen molar-refractivity contribution in [2.75, 3.05) is 53.8 Å². The van der Waals surface area contributed by atoms with E-state index in [-0.39, 0.29) is 58.4 Å². The molecule has 1 atom stereocenters. The zero-order chi connectivity index (χ0) is 44.9. The van der Waals surface area contributed by atoms with Gasteiger partial charge in [0, 0.05) is 61.1 Å². The number of aromatic nitrogens is 4. The van der Waals surface area contributed by atoms with Crippen LogP contribution in [-0.2, 0) is 21.4 Å². The van der Waals surface area contributed by atoms with Gasteiger partial charge in [0.15, 0.2) is 0 Å². The number of hydrogen-bond acceptors (Lipinski definition) is 15. The van der Waals surface area contributed by atoms with Gasteiger partial charge in [0.25, 0.3) is 17.7 Å². The molecule has 3 amide bonds. The Morgan fingerprint density at radius 3 is 2.02 bits per heavy atom. The number of amides is 3. The van der Waals surface area contributed by atoms with Crippen LogP contribution in [0.1, 0.15) is 55.2 Å². The molecule has 20 heteroatoms. The van der Waals surface area contributed by atoms with Gasteiger partial charge in [-0.25, -0.2) is 14.4 Å². The lowest BCUT2D eigenvalue weighted by atomic mass is 10.1. The molecule has 0 saturated carbocycles. The van der Waals surface area contributed by atoms with Gasteiger partial charge < -0.3 is 46.6 Å². The minimum atomic E-state index is -3.88. The second-order valence-electron chi connectivity index (χ2n) is 14.0. The number of nitrogens with zero attached hydrogens (tertiary/aromatic N) is 5. The number of carbonyl (C=O) groups is 3. The molecule has 1 unspecified atom stereocenters. The van der Waals surface area contributed by atoms with Gasteiger partial charge in [-0.05, 0) is 54.4 Å². The second kappa shape index (κ2) is 20.7. The highest BCUT2D eigenvalue weighted by Gasteiger charge is 2.22. The Balaban J connectivity index is 0.000000228. The third kappa shape index (κ3) is 13.1. The number of morpholine rings is 1. The molecule has 1 fully saturated rings. The minimum Gasteiger partial charge on any atom is -0.383 e. The average molecular weight is 878 g/mol. The van der Waals surface area contributed by atoms with E-state index in [1.807, 2.05) is 67.6 Å². The lowest BCUT2D eigenvalue weighted by Gasteiger charge is -2.27. The molecular weight excluding hydrogens is 834 g/mol. The van der Waals surface area contributed by atoms with Crippen LogP contribution in [0, 0.1) is 5.82 Å². The van der Waals surface area contributed by atoms with Crippen molar-refractivity contribution in [2.24, 2.45) is 11.5 Å². The smallest absolute Gasteiger partial charge is 0.306 e. The van der Waals surface area contributed by atoms with Gasteiger partial charge in [-0.2, -0.15) is 18.4 Å². The fourth-order valence-corrected chi connectivity index (χ4v) is 6.54. The summed E-state index contributed by atoms with van der Waals surface area (Å²) in [4.78, 5) is 55.2. The number of anilines is 6. The van der Waals surface area contributed by atoms with Crippen molar-refractivity contribution < 1.29 is 36.1 Å². The van der Waals surface area contributed by atoms with Crippen molar-refractivity contribution in [3.63, 3.8) is 0 Å². The molecule has 7 rings (SSSR count). The Labute approximate surface area is 362 Å². The molecule has 3 heterocycles. The number of nitrogens with two attached hydrogens (primary N) is 2. The molecule has 63 heavy (non-hydrogen) atoms. The summed E-state index contributed by atoms with van der Waals surface area (Å²) in [6, 6.07) is 29.5. The second-order valence-corrected chi connectivity index (χ2v) is 15.5. The third-order valence-corrected chi connectivity index (χ3v) is 9.59. The van der Waals surface area contributed by atoms with Crippen LogP contribution >= 0.6 is 0 Å². The maximum atomic E-state index is 13.5. The summed E-state index contributed by atoms with van der Waals surface area (Å²) in [6.07, 6.45) is 3.53. The lowest BCUT2D eigenvalue weighted by Crippen LogP contribution is -2.40. The highest BCUT2D eigenvalue weighted by molar-refractivity contribution is 7.86. The molecule has 326 valence electrons. The van der Waals surface area contributed by atoms with Gasteiger partial charge in [0.2, 0.25) is 11.9 Å². The summed E-state index contributed by atoms with van der Waals surface area (Å²) >= 11 is 0. The monoisotopic (exact) mass is 877 g/mol. The van der Waals surface area contributed by atoms with Crippen LogP contribution in [-0.4, -0.2) is 83.5 Å². The molecule has 6 aromatic rings. The van der Waals surface area contributed by atoms with Crippen LogP contribution < -0.4 is 36.9 Å². The topological polar surface area (TPSA) is 259 Å². The fourth-order valence-electron chi connectivity index (χ4n) is 6.10. The number of hydrogen-bond donors (Lipinski definition) is 6. The quantitative estimate of drug-likeness (QED) is 0.0709. The van der Waals surface area contributed by atoms with Crippen LogP contribution in [0.2, 0.25) is 0 Å². The van der Waals surface area contributed by atoms with E-state index in [0.717, 1.165) is 17.5 Å². The Morgan fingerprint density at radius 1 is 0.794 bits per heavy atom. The summed E-state index contributed by atoms with van der Waals surface area (Å²) in [5.41, 5.74) is 14.1. The summed E-state index contributed by atoms with van der Waals surface area (Å²) in [5.74, 6) is -1.30. The molecule has 18 nitrogen and oxygen atoms in total. The van der Waals surface area contributed by atoms with Crippen LogP contribution in [0.25, 0.3) is 0 Å².